The maximum Gasteiger partial charge on any atom is 0.238 e. The number of hydrogen-bond acceptors (Lipinski definition) is 6. The number of benzene rings is 2. The van der Waals surface area contributed by atoms with Crippen molar-refractivity contribution in [2.45, 2.75) is 12.8 Å². The molecule has 0 spiro atoms. The number of methoxy groups -OCH3 is 3. The average molecular weight is 428 g/mol. The number of hydrogen-bond donors (Lipinski definition) is 2. The second-order valence-electron chi connectivity index (χ2n) is 7.39. The molecule has 2 amide bonds. The fraction of sp³-hybridized carbons (Fsp3) is 0.391. The molecule has 0 saturated carbocycles. The Labute approximate surface area is 182 Å². The Bertz CT molecular complexity index is 910. The molecule has 166 valence electrons. The fourth-order valence-electron chi connectivity index (χ4n) is 3.59. The first-order valence-electron chi connectivity index (χ1n) is 10.2. The lowest BCUT2D eigenvalue weighted by Gasteiger charge is -2.30. The van der Waals surface area contributed by atoms with Crippen LogP contribution in [0.5, 0.6) is 17.2 Å². The molecule has 0 aliphatic carbocycles. The molecule has 0 atom stereocenters. The van der Waals surface area contributed by atoms with Gasteiger partial charge in [-0.2, -0.15) is 0 Å². The zero-order chi connectivity index (χ0) is 22.2. The number of anilines is 2. The average Bonchev–Trinajstić information content (AvgIpc) is 2.79. The van der Waals surface area contributed by atoms with E-state index in [4.69, 9.17) is 14.2 Å². The molecule has 0 bridgehead atoms. The predicted molar refractivity (Wildman–Crippen MR) is 119 cm³/mol. The third-order valence-electron chi connectivity index (χ3n) is 5.35. The Hall–Kier alpha value is -3.26. The molecule has 31 heavy (non-hydrogen) atoms. The van der Waals surface area contributed by atoms with E-state index in [1.807, 2.05) is 18.2 Å². The van der Waals surface area contributed by atoms with Crippen LogP contribution in [0.25, 0.3) is 0 Å². The first-order valence-corrected chi connectivity index (χ1v) is 10.2. The number of ether oxygens (including phenoxy) is 3. The van der Waals surface area contributed by atoms with E-state index < -0.39 is 0 Å². The van der Waals surface area contributed by atoms with E-state index in [1.165, 1.54) is 0 Å². The van der Waals surface area contributed by atoms with Crippen molar-refractivity contribution < 1.29 is 23.8 Å². The summed E-state index contributed by atoms with van der Waals surface area (Å²) >= 11 is 0. The molecule has 2 N–H and O–H groups in total. The van der Waals surface area contributed by atoms with E-state index in [1.54, 1.807) is 45.6 Å². The number of carbonyl (C=O) groups is 2. The molecule has 2 aromatic rings. The van der Waals surface area contributed by atoms with Gasteiger partial charge in [0, 0.05) is 23.7 Å². The normalized spacial score (nSPS) is 14.5. The Balaban J connectivity index is 1.47. The van der Waals surface area contributed by atoms with Gasteiger partial charge in [-0.1, -0.05) is 6.07 Å². The fourth-order valence-corrected chi connectivity index (χ4v) is 3.59. The molecule has 0 unspecified atom stereocenters. The van der Waals surface area contributed by atoms with Gasteiger partial charge in [-0.05, 0) is 50.2 Å². The summed E-state index contributed by atoms with van der Waals surface area (Å²) in [6.45, 7) is 1.63. The molecule has 1 aliphatic heterocycles. The second kappa shape index (κ2) is 10.7. The first-order chi connectivity index (χ1) is 15.0. The summed E-state index contributed by atoms with van der Waals surface area (Å²) < 4.78 is 15.7. The van der Waals surface area contributed by atoms with Crippen LogP contribution in [0, 0.1) is 5.92 Å². The molecule has 8 nitrogen and oxygen atoms in total. The summed E-state index contributed by atoms with van der Waals surface area (Å²) in [7, 11) is 4.72. The van der Waals surface area contributed by atoms with Gasteiger partial charge in [0.05, 0.1) is 33.6 Å². The van der Waals surface area contributed by atoms with Crippen LogP contribution >= 0.6 is 0 Å². The smallest absolute Gasteiger partial charge is 0.238 e. The molecular formula is C23H29N3O5. The maximum atomic E-state index is 12.6. The van der Waals surface area contributed by atoms with Crippen molar-refractivity contribution in [2.24, 2.45) is 5.92 Å². The Morgan fingerprint density at radius 3 is 2.32 bits per heavy atom. The van der Waals surface area contributed by atoms with Gasteiger partial charge in [-0.25, -0.2) is 0 Å². The number of amides is 2. The maximum absolute atomic E-state index is 12.6. The summed E-state index contributed by atoms with van der Waals surface area (Å²) in [6.07, 6.45) is 1.41. The standard InChI is InChI=1S/C23H29N3O5/c1-29-18-6-4-5-17(13-18)24-23(28)16-9-11-26(12-10-16)15-22(27)25-20-8-7-19(30-2)14-21(20)31-3/h4-8,13-14,16H,9-12,15H2,1-3H3,(H,24,28)(H,25,27). The topological polar surface area (TPSA) is 89.1 Å². The van der Waals surface area contributed by atoms with Crippen molar-refractivity contribution >= 4 is 23.2 Å². The van der Waals surface area contributed by atoms with Crippen LogP contribution in [0.4, 0.5) is 11.4 Å². The molecule has 1 fully saturated rings. The zero-order valence-corrected chi connectivity index (χ0v) is 18.1. The Morgan fingerprint density at radius 2 is 1.65 bits per heavy atom. The van der Waals surface area contributed by atoms with Crippen LogP contribution < -0.4 is 24.8 Å². The van der Waals surface area contributed by atoms with E-state index in [2.05, 4.69) is 15.5 Å². The minimum atomic E-state index is -0.122. The minimum Gasteiger partial charge on any atom is -0.497 e. The molecule has 2 aromatic carbocycles. The van der Waals surface area contributed by atoms with Crippen molar-refractivity contribution in [3.63, 3.8) is 0 Å². The molecule has 1 saturated heterocycles. The van der Waals surface area contributed by atoms with Crippen LogP contribution in [-0.4, -0.2) is 57.7 Å². The molecule has 0 aromatic heterocycles. The van der Waals surface area contributed by atoms with Gasteiger partial charge in [0.1, 0.15) is 17.2 Å². The minimum absolute atomic E-state index is 0.000300. The van der Waals surface area contributed by atoms with Gasteiger partial charge in [0.25, 0.3) is 0 Å². The SMILES string of the molecule is COc1cccc(NC(=O)C2CCN(CC(=O)Nc3ccc(OC)cc3OC)CC2)c1. The van der Waals surface area contributed by atoms with E-state index in [0.29, 0.717) is 48.9 Å². The van der Waals surface area contributed by atoms with Gasteiger partial charge in [-0.15, -0.1) is 0 Å². The molecule has 1 heterocycles. The Kier molecular flexibility index (Phi) is 7.72. The number of nitrogens with one attached hydrogen (secondary N) is 2. The van der Waals surface area contributed by atoms with Crippen LogP contribution in [0.1, 0.15) is 12.8 Å². The number of carbonyl (C=O) groups excluding carboxylic acids is 2. The van der Waals surface area contributed by atoms with Crippen molar-refractivity contribution in [3.8, 4) is 17.2 Å². The highest BCUT2D eigenvalue weighted by molar-refractivity contribution is 5.94. The quantitative estimate of drug-likeness (QED) is 0.673. The number of rotatable bonds is 8. The van der Waals surface area contributed by atoms with Crippen molar-refractivity contribution in [1.29, 1.82) is 0 Å². The second-order valence-corrected chi connectivity index (χ2v) is 7.39. The van der Waals surface area contributed by atoms with Crippen molar-refractivity contribution in [3.05, 3.63) is 42.5 Å². The van der Waals surface area contributed by atoms with Gasteiger partial charge >= 0.3 is 0 Å². The predicted octanol–water partition coefficient (Wildman–Crippen LogP) is 3.00. The summed E-state index contributed by atoms with van der Waals surface area (Å²) in [6, 6.07) is 12.6. The van der Waals surface area contributed by atoms with E-state index in [9.17, 15) is 9.59 Å². The number of likely N-dealkylation sites (tertiary alicyclic amines) is 1. The van der Waals surface area contributed by atoms with Crippen LogP contribution in [0.2, 0.25) is 0 Å². The third-order valence-corrected chi connectivity index (χ3v) is 5.35. The number of piperidine rings is 1. The third kappa shape index (κ3) is 6.11. The lowest BCUT2D eigenvalue weighted by Crippen LogP contribution is -2.41. The van der Waals surface area contributed by atoms with Gasteiger partial charge in [0.15, 0.2) is 0 Å². The van der Waals surface area contributed by atoms with Crippen molar-refractivity contribution in [2.75, 3.05) is 51.6 Å². The Morgan fingerprint density at radius 1 is 0.935 bits per heavy atom. The van der Waals surface area contributed by atoms with E-state index >= 15 is 0 Å². The lowest BCUT2D eigenvalue weighted by molar-refractivity contribution is -0.121. The first kappa shape index (κ1) is 22.4. The highest BCUT2D eigenvalue weighted by Gasteiger charge is 2.26. The van der Waals surface area contributed by atoms with Gasteiger partial charge in [-0.3, -0.25) is 14.5 Å². The van der Waals surface area contributed by atoms with Gasteiger partial charge in [0.2, 0.25) is 11.8 Å². The van der Waals surface area contributed by atoms with E-state index in [-0.39, 0.29) is 24.3 Å². The van der Waals surface area contributed by atoms with Crippen LogP contribution in [0.15, 0.2) is 42.5 Å². The number of nitrogens with zero attached hydrogens (tertiary/aromatic N) is 1. The zero-order valence-electron chi connectivity index (χ0n) is 18.1. The summed E-state index contributed by atoms with van der Waals surface area (Å²) in [5, 5.41) is 5.84. The lowest BCUT2D eigenvalue weighted by atomic mass is 9.96. The van der Waals surface area contributed by atoms with E-state index in [0.717, 1.165) is 5.69 Å². The van der Waals surface area contributed by atoms with Crippen molar-refractivity contribution in [1.82, 2.24) is 4.90 Å². The molecule has 0 radical (unpaired) electrons. The largest absolute Gasteiger partial charge is 0.497 e. The van der Waals surface area contributed by atoms with Crippen LogP contribution in [-0.2, 0) is 9.59 Å². The molecule has 8 heteroatoms. The van der Waals surface area contributed by atoms with Crippen LogP contribution in [0.3, 0.4) is 0 Å². The summed E-state index contributed by atoms with van der Waals surface area (Å²) in [4.78, 5) is 27.1. The summed E-state index contributed by atoms with van der Waals surface area (Å²) in [5.74, 6) is 1.70. The van der Waals surface area contributed by atoms with Gasteiger partial charge < -0.3 is 24.8 Å². The molecule has 3 rings (SSSR count). The summed E-state index contributed by atoms with van der Waals surface area (Å²) in [5.41, 5.74) is 1.32. The molecule has 1 aliphatic rings. The monoisotopic (exact) mass is 427 g/mol. The highest BCUT2D eigenvalue weighted by Crippen LogP contribution is 2.29. The highest BCUT2D eigenvalue weighted by atomic mass is 16.5. The molecular weight excluding hydrogens is 398 g/mol.